The molecule has 1 heterocycles. The Morgan fingerprint density at radius 1 is 1.69 bits per heavy atom. The molecule has 1 rings (SSSR count). The summed E-state index contributed by atoms with van der Waals surface area (Å²) in [4.78, 5) is 33.9. The fourth-order valence-corrected chi connectivity index (χ4v) is 1.20. The van der Waals surface area contributed by atoms with Gasteiger partial charge in [0.1, 0.15) is 12.6 Å². The van der Waals surface area contributed by atoms with E-state index in [-0.39, 0.29) is 13.3 Å². The van der Waals surface area contributed by atoms with Crippen LogP contribution in [0.3, 0.4) is 0 Å². The van der Waals surface area contributed by atoms with Gasteiger partial charge < -0.3 is 14.6 Å². The monoisotopic (exact) mass is 229 g/mol. The molecule has 0 bridgehead atoms. The summed E-state index contributed by atoms with van der Waals surface area (Å²) in [6.07, 6.45) is 0.0715. The van der Waals surface area contributed by atoms with Crippen molar-refractivity contribution in [2.24, 2.45) is 0 Å². The third-order valence-corrected chi connectivity index (χ3v) is 1.92. The molecule has 1 atom stereocenters. The molecule has 1 aliphatic heterocycles. The first-order chi connectivity index (χ1) is 7.56. The Labute approximate surface area is 91.2 Å². The highest BCUT2D eigenvalue weighted by Gasteiger charge is 2.40. The number of carbonyl (C=O) groups is 3. The number of aliphatic carboxylic acids is 1. The van der Waals surface area contributed by atoms with Crippen LogP contribution in [0.25, 0.3) is 0 Å². The van der Waals surface area contributed by atoms with Crippen LogP contribution in [0.2, 0.25) is 0 Å². The first kappa shape index (κ1) is 12.0. The van der Waals surface area contributed by atoms with Crippen LogP contribution in [0.1, 0.15) is 6.42 Å². The van der Waals surface area contributed by atoms with Crippen LogP contribution in [0.15, 0.2) is 12.7 Å². The summed E-state index contributed by atoms with van der Waals surface area (Å²) in [6.45, 7) is 3.06. The molecule has 16 heavy (non-hydrogen) atoms. The van der Waals surface area contributed by atoms with E-state index < -0.39 is 30.5 Å². The second kappa shape index (κ2) is 5.15. The van der Waals surface area contributed by atoms with Gasteiger partial charge in [0.2, 0.25) is 0 Å². The number of hydrogen-bond donors (Lipinski definition) is 1. The molecule has 1 amide bonds. The Morgan fingerprint density at radius 3 is 2.94 bits per heavy atom. The smallest absolute Gasteiger partial charge is 0.413 e. The number of ether oxygens (including phenoxy) is 2. The maximum Gasteiger partial charge on any atom is 0.413 e. The Balaban J connectivity index is 2.63. The van der Waals surface area contributed by atoms with E-state index in [0.717, 1.165) is 4.90 Å². The predicted octanol–water partition coefficient (Wildman–Crippen LogP) is -0.0314. The molecule has 7 heteroatoms. The Morgan fingerprint density at radius 2 is 2.38 bits per heavy atom. The predicted molar refractivity (Wildman–Crippen MR) is 50.4 cm³/mol. The van der Waals surface area contributed by atoms with Crippen LogP contribution in [-0.4, -0.2) is 47.4 Å². The van der Waals surface area contributed by atoms with Crippen LogP contribution >= 0.6 is 0 Å². The molecule has 0 aromatic carbocycles. The van der Waals surface area contributed by atoms with Crippen molar-refractivity contribution in [1.29, 1.82) is 0 Å². The first-order valence-electron chi connectivity index (χ1n) is 4.49. The Bertz CT molecular complexity index is 326. The standard InChI is InChI=1S/C9H11NO6/c1-2-3-15-9(14)10-5-16-8(13)6(10)4-7(11)12/h2,6H,1,3-5H2,(H,11,12)/t6-/m0/s1. The van der Waals surface area contributed by atoms with Gasteiger partial charge in [0.25, 0.3) is 0 Å². The van der Waals surface area contributed by atoms with Gasteiger partial charge in [-0.25, -0.2) is 9.59 Å². The highest BCUT2D eigenvalue weighted by atomic mass is 16.6. The number of cyclic esters (lactones) is 1. The zero-order valence-electron chi connectivity index (χ0n) is 8.42. The van der Waals surface area contributed by atoms with Crippen LogP contribution in [0.4, 0.5) is 4.79 Å². The minimum absolute atomic E-state index is 0.0106. The highest BCUT2D eigenvalue weighted by Crippen LogP contribution is 2.15. The molecule has 0 saturated carbocycles. The Kier molecular flexibility index (Phi) is 3.87. The number of carbonyl (C=O) groups excluding carboxylic acids is 2. The number of hydrogen-bond acceptors (Lipinski definition) is 5. The van der Waals surface area contributed by atoms with Crippen molar-refractivity contribution in [1.82, 2.24) is 4.90 Å². The quantitative estimate of drug-likeness (QED) is 0.537. The number of amides is 1. The second-order valence-electron chi connectivity index (χ2n) is 3.04. The maximum atomic E-state index is 11.4. The molecular weight excluding hydrogens is 218 g/mol. The van der Waals surface area contributed by atoms with E-state index in [2.05, 4.69) is 16.1 Å². The lowest BCUT2D eigenvalue weighted by atomic mass is 10.2. The van der Waals surface area contributed by atoms with Crippen molar-refractivity contribution in [2.45, 2.75) is 12.5 Å². The zero-order chi connectivity index (χ0) is 12.1. The third-order valence-electron chi connectivity index (χ3n) is 1.92. The molecule has 1 saturated heterocycles. The van der Waals surface area contributed by atoms with Crippen LogP contribution in [0.5, 0.6) is 0 Å². The molecule has 7 nitrogen and oxygen atoms in total. The topological polar surface area (TPSA) is 93.1 Å². The molecule has 0 aliphatic carbocycles. The van der Waals surface area contributed by atoms with Gasteiger partial charge in [-0.1, -0.05) is 12.7 Å². The van der Waals surface area contributed by atoms with Crippen molar-refractivity contribution in [3.63, 3.8) is 0 Å². The maximum absolute atomic E-state index is 11.4. The lowest BCUT2D eigenvalue weighted by molar-refractivity contribution is -0.144. The molecule has 0 aromatic rings. The van der Waals surface area contributed by atoms with E-state index in [0.29, 0.717) is 0 Å². The summed E-state index contributed by atoms with van der Waals surface area (Å²) in [5.41, 5.74) is 0. The number of esters is 1. The number of carboxylic acid groups (broad SMARTS) is 1. The fourth-order valence-electron chi connectivity index (χ4n) is 1.20. The summed E-state index contributed by atoms with van der Waals surface area (Å²) in [5.74, 6) is -1.93. The summed E-state index contributed by atoms with van der Waals surface area (Å²) in [6, 6.07) is -1.12. The molecule has 0 radical (unpaired) electrons. The average molecular weight is 229 g/mol. The van der Waals surface area contributed by atoms with Crippen LogP contribution < -0.4 is 0 Å². The lowest BCUT2D eigenvalue weighted by Gasteiger charge is -2.17. The molecule has 1 fully saturated rings. The fraction of sp³-hybridized carbons (Fsp3) is 0.444. The van der Waals surface area contributed by atoms with Crippen molar-refractivity contribution in [3.8, 4) is 0 Å². The summed E-state index contributed by atoms with van der Waals surface area (Å²) < 4.78 is 9.26. The number of nitrogens with zero attached hydrogens (tertiary/aromatic N) is 1. The molecule has 0 aromatic heterocycles. The second-order valence-corrected chi connectivity index (χ2v) is 3.04. The summed E-state index contributed by atoms with van der Waals surface area (Å²) >= 11 is 0. The zero-order valence-corrected chi connectivity index (χ0v) is 8.42. The van der Waals surface area contributed by atoms with Gasteiger partial charge in [-0.05, 0) is 0 Å². The van der Waals surface area contributed by atoms with Gasteiger partial charge in [-0.2, -0.15) is 0 Å². The minimum Gasteiger partial charge on any atom is -0.481 e. The SMILES string of the molecule is C=CCOC(=O)N1COC(=O)[C@@H]1CC(=O)O. The molecule has 0 spiro atoms. The van der Waals surface area contributed by atoms with Gasteiger partial charge in [0.05, 0.1) is 6.42 Å². The lowest BCUT2D eigenvalue weighted by Crippen LogP contribution is -2.39. The van der Waals surface area contributed by atoms with Gasteiger partial charge in [0.15, 0.2) is 6.73 Å². The molecular formula is C9H11NO6. The first-order valence-corrected chi connectivity index (χ1v) is 4.49. The minimum atomic E-state index is -1.19. The third kappa shape index (κ3) is 2.72. The normalized spacial score (nSPS) is 19.1. The van der Waals surface area contributed by atoms with Crippen molar-refractivity contribution >= 4 is 18.0 Å². The van der Waals surface area contributed by atoms with Crippen molar-refractivity contribution in [2.75, 3.05) is 13.3 Å². The van der Waals surface area contributed by atoms with Gasteiger partial charge in [0, 0.05) is 0 Å². The molecule has 88 valence electrons. The molecule has 1 aliphatic rings. The van der Waals surface area contributed by atoms with Crippen LogP contribution in [0, 0.1) is 0 Å². The van der Waals surface area contributed by atoms with E-state index in [1.165, 1.54) is 6.08 Å². The van der Waals surface area contributed by atoms with Crippen LogP contribution in [-0.2, 0) is 19.1 Å². The van der Waals surface area contributed by atoms with Gasteiger partial charge in [-0.15, -0.1) is 0 Å². The molecule has 1 N–H and O–H groups in total. The van der Waals surface area contributed by atoms with E-state index >= 15 is 0 Å². The Hall–Kier alpha value is -2.05. The van der Waals surface area contributed by atoms with Gasteiger partial charge >= 0.3 is 18.0 Å². The van der Waals surface area contributed by atoms with Crippen molar-refractivity contribution < 1.29 is 29.0 Å². The highest BCUT2D eigenvalue weighted by molar-refractivity contribution is 5.87. The molecule has 0 unspecified atom stereocenters. The number of carboxylic acids is 1. The average Bonchev–Trinajstić information content (AvgIpc) is 2.56. The van der Waals surface area contributed by atoms with E-state index in [9.17, 15) is 14.4 Å². The number of rotatable bonds is 4. The van der Waals surface area contributed by atoms with E-state index in [1.54, 1.807) is 0 Å². The summed E-state index contributed by atoms with van der Waals surface area (Å²) in [5, 5.41) is 8.56. The van der Waals surface area contributed by atoms with E-state index in [1.807, 2.05) is 0 Å². The largest absolute Gasteiger partial charge is 0.481 e. The van der Waals surface area contributed by atoms with Gasteiger partial charge in [-0.3, -0.25) is 9.69 Å². The van der Waals surface area contributed by atoms with E-state index in [4.69, 9.17) is 5.11 Å². The van der Waals surface area contributed by atoms with Crippen molar-refractivity contribution in [3.05, 3.63) is 12.7 Å². The summed E-state index contributed by atoms with van der Waals surface area (Å²) in [7, 11) is 0.